The monoisotopic (exact) mass is 263 g/mol. The van der Waals surface area contributed by atoms with E-state index >= 15 is 0 Å². The molecule has 1 aliphatic heterocycles. The molecule has 2 atom stereocenters. The highest BCUT2D eigenvalue weighted by molar-refractivity contribution is 7.92. The highest BCUT2D eigenvalue weighted by Crippen LogP contribution is 2.19. The first-order valence-corrected chi connectivity index (χ1v) is 7.34. The molecule has 98 valence electrons. The zero-order valence-corrected chi connectivity index (χ0v) is 10.5. The fourth-order valence-electron chi connectivity index (χ4n) is 1.85. The van der Waals surface area contributed by atoms with Gasteiger partial charge in [0.15, 0.2) is 9.84 Å². The summed E-state index contributed by atoms with van der Waals surface area (Å²) in [6.07, 6.45) is 1.77. The Kier molecular flexibility index (Phi) is 4.50. The van der Waals surface area contributed by atoms with Crippen LogP contribution in [0, 0.1) is 0 Å². The summed E-state index contributed by atoms with van der Waals surface area (Å²) in [5.74, 6) is -1.82. The minimum absolute atomic E-state index is 0.00888. The normalized spacial score (nSPS) is 24.9. The van der Waals surface area contributed by atoms with Crippen LogP contribution in [0.2, 0.25) is 0 Å². The molecule has 1 heterocycles. The minimum atomic E-state index is -3.41. The van der Waals surface area contributed by atoms with Gasteiger partial charge in [0.05, 0.1) is 5.75 Å². The molecule has 0 spiro atoms. The molecule has 1 fully saturated rings. The van der Waals surface area contributed by atoms with Crippen LogP contribution in [0.15, 0.2) is 0 Å². The van der Waals surface area contributed by atoms with Crippen molar-refractivity contribution in [2.24, 2.45) is 0 Å². The molecule has 0 aromatic carbocycles. The average molecular weight is 263 g/mol. The maximum Gasteiger partial charge on any atom is 0.326 e. The van der Waals surface area contributed by atoms with Crippen molar-refractivity contribution < 1.29 is 23.1 Å². The van der Waals surface area contributed by atoms with Gasteiger partial charge in [-0.2, -0.15) is 0 Å². The molecule has 0 radical (unpaired) electrons. The molecular weight excluding hydrogens is 246 g/mol. The van der Waals surface area contributed by atoms with Crippen molar-refractivity contribution >= 4 is 21.7 Å². The van der Waals surface area contributed by atoms with E-state index in [0.29, 0.717) is 12.8 Å². The third-order valence-corrected chi connectivity index (χ3v) is 5.07. The summed E-state index contributed by atoms with van der Waals surface area (Å²) in [7, 11) is -3.41. The van der Waals surface area contributed by atoms with Crippen molar-refractivity contribution in [2.75, 3.05) is 5.75 Å². The van der Waals surface area contributed by atoms with Gasteiger partial charge >= 0.3 is 5.97 Å². The topological polar surface area (TPSA) is 101 Å². The molecule has 0 saturated carbocycles. The minimum Gasteiger partial charge on any atom is -0.480 e. The van der Waals surface area contributed by atoms with Crippen molar-refractivity contribution in [2.45, 2.75) is 43.9 Å². The van der Waals surface area contributed by atoms with Crippen molar-refractivity contribution in [3.05, 3.63) is 0 Å². The molecule has 6 nitrogen and oxygen atoms in total. The fraction of sp³-hybridized carbons (Fsp3) is 0.800. The van der Waals surface area contributed by atoms with Gasteiger partial charge < -0.3 is 10.4 Å². The van der Waals surface area contributed by atoms with Crippen LogP contribution in [0.5, 0.6) is 0 Å². The maximum absolute atomic E-state index is 11.7. The number of carboxylic acid groups (broad SMARTS) is 1. The number of hydrogen-bond donors (Lipinski definition) is 2. The van der Waals surface area contributed by atoms with Crippen molar-refractivity contribution in [1.29, 1.82) is 0 Å². The zero-order valence-electron chi connectivity index (χ0n) is 9.68. The van der Waals surface area contributed by atoms with Gasteiger partial charge in [0.25, 0.3) is 0 Å². The van der Waals surface area contributed by atoms with Gasteiger partial charge in [-0.25, -0.2) is 13.2 Å². The molecule has 0 bridgehead atoms. The lowest BCUT2D eigenvalue weighted by molar-refractivity contribution is -0.141. The number of amides is 1. The summed E-state index contributed by atoms with van der Waals surface area (Å²) in [5.41, 5.74) is 0. The molecule has 1 amide bonds. The van der Waals surface area contributed by atoms with Gasteiger partial charge in [-0.3, -0.25) is 4.79 Å². The molecule has 2 N–H and O–H groups in total. The van der Waals surface area contributed by atoms with E-state index in [1.165, 1.54) is 0 Å². The van der Waals surface area contributed by atoms with Crippen LogP contribution >= 0.6 is 0 Å². The van der Waals surface area contributed by atoms with Gasteiger partial charge in [-0.1, -0.05) is 13.3 Å². The molecule has 1 rings (SSSR count). The van der Waals surface area contributed by atoms with E-state index in [9.17, 15) is 18.0 Å². The van der Waals surface area contributed by atoms with E-state index in [2.05, 4.69) is 5.32 Å². The Hall–Kier alpha value is -1.11. The van der Waals surface area contributed by atoms with E-state index in [1.807, 2.05) is 0 Å². The lowest BCUT2D eigenvalue weighted by Gasteiger charge is -2.23. The van der Waals surface area contributed by atoms with Gasteiger partial charge in [-0.15, -0.1) is 0 Å². The van der Waals surface area contributed by atoms with E-state index in [4.69, 9.17) is 5.11 Å². The molecule has 17 heavy (non-hydrogen) atoms. The van der Waals surface area contributed by atoms with Crippen LogP contribution in [0.1, 0.15) is 32.6 Å². The molecular formula is C10H17NO5S. The molecule has 1 aliphatic rings. The summed E-state index contributed by atoms with van der Waals surface area (Å²) in [4.78, 5) is 22.5. The summed E-state index contributed by atoms with van der Waals surface area (Å²) in [6, 6.07) is -1.01. The predicted molar refractivity (Wildman–Crippen MR) is 61.3 cm³/mol. The first-order valence-electron chi connectivity index (χ1n) is 5.63. The summed E-state index contributed by atoms with van der Waals surface area (Å²) >= 11 is 0. The van der Waals surface area contributed by atoms with Crippen molar-refractivity contribution in [1.82, 2.24) is 5.32 Å². The van der Waals surface area contributed by atoms with Crippen LogP contribution in [0.4, 0.5) is 0 Å². The third kappa shape index (κ3) is 3.42. The number of nitrogens with one attached hydrogen (secondary N) is 1. The third-order valence-electron chi connectivity index (χ3n) is 2.89. The summed E-state index contributed by atoms with van der Waals surface area (Å²) in [6.45, 7) is 1.62. The van der Waals surface area contributed by atoms with Crippen LogP contribution < -0.4 is 5.32 Å². The highest BCUT2D eigenvalue weighted by atomic mass is 32.2. The van der Waals surface area contributed by atoms with Gasteiger partial charge in [0.2, 0.25) is 5.91 Å². The number of carbonyl (C=O) groups excluding carboxylic acids is 1. The number of carbonyl (C=O) groups is 2. The summed E-state index contributed by atoms with van der Waals surface area (Å²) in [5, 5.41) is 9.98. The Morgan fingerprint density at radius 2 is 2.06 bits per heavy atom. The summed E-state index contributed by atoms with van der Waals surface area (Å²) < 4.78 is 23.3. The highest BCUT2D eigenvalue weighted by Gasteiger charge is 2.36. The maximum atomic E-state index is 11.7. The van der Waals surface area contributed by atoms with Crippen LogP contribution in [-0.4, -0.2) is 42.4 Å². The van der Waals surface area contributed by atoms with Crippen LogP contribution in [0.25, 0.3) is 0 Å². The van der Waals surface area contributed by atoms with Crippen molar-refractivity contribution in [3.63, 3.8) is 0 Å². The van der Waals surface area contributed by atoms with E-state index in [1.54, 1.807) is 6.92 Å². The number of aliphatic carboxylic acids is 1. The average Bonchev–Trinajstić information content (AvgIpc) is 2.24. The number of sulfone groups is 1. The van der Waals surface area contributed by atoms with Gasteiger partial charge in [0, 0.05) is 0 Å². The smallest absolute Gasteiger partial charge is 0.326 e. The van der Waals surface area contributed by atoms with Crippen molar-refractivity contribution in [3.8, 4) is 0 Å². The van der Waals surface area contributed by atoms with E-state index in [0.717, 1.165) is 0 Å². The fourth-order valence-corrected chi connectivity index (χ4v) is 3.66. The molecule has 0 aromatic rings. The lowest BCUT2D eigenvalue weighted by atomic mass is 10.1. The Bertz CT molecular complexity index is 403. The second kappa shape index (κ2) is 5.48. The van der Waals surface area contributed by atoms with E-state index < -0.39 is 33.0 Å². The zero-order chi connectivity index (χ0) is 13.1. The SMILES string of the molecule is CC[C@@H](NC(=O)C1CCCCS1(=O)=O)C(=O)O. The molecule has 1 unspecified atom stereocenters. The standard InChI is InChI=1S/C10H17NO5S/c1-2-7(10(13)14)11-9(12)8-5-3-4-6-17(8,15)16/h7-8H,2-6H2,1H3,(H,11,12)(H,13,14)/t7-,8?/m1/s1. The predicted octanol–water partition coefficient (Wildman–Crippen LogP) is -0.0669. The lowest BCUT2D eigenvalue weighted by Crippen LogP contribution is -2.49. The van der Waals surface area contributed by atoms with Gasteiger partial charge in [-0.05, 0) is 19.3 Å². The number of carboxylic acids is 1. The Morgan fingerprint density at radius 3 is 2.53 bits per heavy atom. The first-order chi connectivity index (χ1) is 7.88. The second-order valence-corrected chi connectivity index (χ2v) is 6.46. The van der Waals surface area contributed by atoms with E-state index in [-0.39, 0.29) is 18.6 Å². The molecule has 0 aliphatic carbocycles. The molecule has 7 heteroatoms. The Labute approximate surface area is 100 Å². The second-order valence-electron chi connectivity index (χ2n) is 4.16. The first kappa shape index (κ1) is 14.0. The Balaban J connectivity index is 2.72. The number of hydrogen-bond acceptors (Lipinski definition) is 4. The molecule has 0 aromatic heterocycles. The Morgan fingerprint density at radius 1 is 1.41 bits per heavy atom. The largest absolute Gasteiger partial charge is 0.480 e. The molecule has 1 saturated heterocycles. The van der Waals surface area contributed by atoms with Crippen LogP contribution in [-0.2, 0) is 19.4 Å². The van der Waals surface area contributed by atoms with Crippen LogP contribution in [0.3, 0.4) is 0 Å². The number of rotatable bonds is 4. The van der Waals surface area contributed by atoms with Gasteiger partial charge in [0.1, 0.15) is 11.3 Å². The quantitative estimate of drug-likeness (QED) is 0.739.